The molecule has 0 unspecified atom stereocenters. The van der Waals surface area contributed by atoms with Gasteiger partial charge in [0.15, 0.2) is 0 Å². The van der Waals surface area contributed by atoms with Gasteiger partial charge in [-0.05, 0) is 63.1 Å². The fourth-order valence-electron chi connectivity index (χ4n) is 2.90. The lowest BCUT2D eigenvalue weighted by atomic mass is 10.1. The van der Waals surface area contributed by atoms with Crippen molar-refractivity contribution in [2.75, 3.05) is 26.2 Å². The number of nitrogens with zero attached hydrogens (tertiary/aromatic N) is 2. The van der Waals surface area contributed by atoms with E-state index < -0.39 is 0 Å². The first-order chi connectivity index (χ1) is 12.3. The molecule has 0 bridgehead atoms. The zero-order chi connectivity index (χ0) is 17.9. The Bertz CT molecular complexity index is 587. The Hall–Kier alpha value is -1.65. The lowest BCUT2D eigenvalue weighted by molar-refractivity contribution is 0.298. The van der Waals surface area contributed by atoms with Crippen LogP contribution < -0.4 is 5.32 Å². The van der Waals surface area contributed by atoms with E-state index in [1.807, 2.05) is 0 Å². The molecule has 0 saturated heterocycles. The van der Waals surface area contributed by atoms with Crippen LogP contribution >= 0.6 is 0 Å². The molecule has 0 amide bonds. The third-order valence-corrected chi connectivity index (χ3v) is 4.60. The molecule has 1 heterocycles. The highest BCUT2D eigenvalue weighted by atomic mass is 16.3. The van der Waals surface area contributed by atoms with Crippen molar-refractivity contribution >= 4 is 0 Å². The van der Waals surface area contributed by atoms with Crippen molar-refractivity contribution in [3.63, 3.8) is 0 Å². The highest BCUT2D eigenvalue weighted by Crippen LogP contribution is 2.20. The number of hydrogen-bond donors (Lipinski definition) is 1. The molecule has 4 heteroatoms. The molecular formula is C21H33N3O. The van der Waals surface area contributed by atoms with E-state index in [4.69, 9.17) is 4.42 Å². The second-order valence-corrected chi connectivity index (χ2v) is 6.50. The average molecular weight is 344 g/mol. The maximum atomic E-state index is 5.64. The van der Waals surface area contributed by atoms with Gasteiger partial charge in [-0.2, -0.15) is 0 Å². The Morgan fingerprint density at radius 3 is 2.48 bits per heavy atom. The summed E-state index contributed by atoms with van der Waals surface area (Å²) in [5.74, 6) is 0.710. The van der Waals surface area contributed by atoms with Crippen LogP contribution in [0.3, 0.4) is 0 Å². The molecule has 1 aromatic carbocycles. The fraction of sp³-hybridized carbons (Fsp3) is 0.571. The summed E-state index contributed by atoms with van der Waals surface area (Å²) >= 11 is 0. The van der Waals surface area contributed by atoms with Gasteiger partial charge in [-0.3, -0.25) is 0 Å². The van der Waals surface area contributed by atoms with Gasteiger partial charge in [-0.15, -0.1) is 0 Å². The number of rotatable bonds is 12. The minimum Gasteiger partial charge on any atom is -0.444 e. The number of aryl methyl sites for hydroxylation is 1. The number of benzene rings is 1. The van der Waals surface area contributed by atoms with Gasteiger partial charge < -0.3 is 14.6 Å². The monoisotopic (exact) mass is 343 g/mol. The molecule has 1 aromatic heterocycles. The number of nitrogens with one attached hydrogen (secondary N) is 1. The SMILES string of the molecule is CCCCc1ccc(-c2nc(CNCCCN(CC)CC)co2)cc1. The van der Waals surface area contributed by atoms with Crippen molar-refractivity contribution in [1.82, 2.24) is 15.2 Å². The summed E-state index contributed by atoms with van der Waals surface area (Å²) < 4.78 is 5.64. The summed E-state index contributed by atoms with van der Waals surface area (Å²) in [6.45, 7) is 11.8. The van der Waals surface area contributed by atoms with Gasteiger partial charge in [-0.1, -0.05) is 39.3 Å². The maximum absolute atomic E-state index is 5.64. The van der Waals surface area contributed by atoms with Crippen LogP contribution in [0.1, 0.15) is 51.3 Å². The van der Waals surface area contributed by atoms with Gasteiger partial charge in [0.05, 0.1) is 5.69 Å². The van der Waals surface area contributed by atoms with Crippen molar-refractivity contribution < 1.29 is 4.42 Å². The van der Waals surface area contributed by atoms with Gasteiger partial charge >= 0.3 is 0 Å². The lowest BCUT2D eigenvalue weighted by Gasteiger charge is -2.17. The Morgan fingerprint density at radius 2 is 1.80 bits per heavy atom. The van der Waals surface area contributed by atoms with E-state index in [1.54, 1.807) is 6.26 Å². The van der Waals surface area contributed by atoms with E-state index in [2.05, 4.69) is 60.2 Å². The van der Waals surface area contributed by atoms with Crippen LogP contribution in [0.2, 0.25) is 0 Å². The molecule has 25 heavy (non-hydrogen) atoms. The molecule has 0 fully saturated rings. The summed E-state index contributed by atoms with van der Waals surface area (Å²) in [7, 11) is 0. The molecule has 4 nitrogen and oxygen atoms in total. The van der Waals surface area contributed by atoms with Gasteiger partial charge in [0.1, 0.15) is 6.26 Å². The minimum absolute atomic E-state index is 0.710. The lowest BCUT2D eigenvalue weighted by Crippen LogP contribution is -2.27. The number of aromatic nitrogens is 1. The fourth-order valence-corrected chi connectivity index (χ4v) is 2.90. The van der Waals surface area contributed by atoms with Gasteiger partial charge in [-0.25, -0.2) is 4.98 Å². The maximum Gasteiger partial charge on any atom is 0.226 e. The summed E-state index contributed by atoms with van der Waals surface area (Å²) in [5.41, 5.74) is 3.40. The van der Waals surface area contributed by atoms with E-state index in [0.29, 0.717) is 5.89 Å². The summed E-state index contributed by atoms with van der Waals surface area (Å²) in [5, 5.41) is 3.45. The molecule has 0 aliphatic rings. The summed E-state index contributed by atoms with van der Waals surface area (Å²) in [6, 6.07) is 8.58. The molecule has 1 N–H and O–H groups in total. The summed E-state index contributed by atoms with van der Waals surface area (Å²) in [4.78, 5) is 7.04. The third kappa shape index (κ3) is 6.63. The molecule has 0 saturated carbocycles. The Kier molecular flexibility index (Phi) is 8.70. The molecule has 138 valence electrons. The molecule has 0 aliphatic carbocycles. The highest BCUT2D eigenvalue weighted by Gasteiger charge is 2.07. The summed E-state index contributed by atoms with van der Waals surface area (Å²) in [6.07, 6.45) is 6.53. The van der Waals surface area contributed by atoms with Crippen LogP contribution in [-0.4, -0.2) is 36.1 Å². The molecule has 0 atom stereocenters. The van der Waals surface area contributed by atoms with Gasteiger partial charge in [0.25, 0.3) is 0 Å². The molecular weight excluding hydrogens is 310 g/mol. The van der Waals surface area contributed by atoms with Crippen molar-refractivity contribution in [1.29, 1.82) is 0 Å². The third-order valence-electron chi connectivity index (χ3n) is 4.60. The Labute approximate surface area is 152 Å². The first-order valence-electron chi connectivity index (χ1n) is 9.73. The minimum atomic E-state index is 0.710. The van der Waals surface area contributed by atoms with E-state index >= 15 is 0 Å². The molecule has 0 aliphatic heterocycles. The Balaban J connectivity index is 1.76. The predicted octanol–water partition coefficient (Wildman–Crippen LogP) is 4.51. The zero-order valence-electron chi connectivity index (χ0n) is 16.1. The molecule has 0 spiro atoms. The van der Waals surface area contributed by atoms with Crippen LogP contribution in [0, 0.1) is 0 Å². The van der Waals surface area contributed by atoms with Crippen molar-refractivity contribution in [2.24, 2.45) is 0 Å². The van der Waals surface area contributed by atoms with Crippen molar-refractivity contribution in [3.8, 4) is 11.5 Å². The van der Waals surface area contributed by atoms with Crippen molar-refractivity contribution in [3.05, 3.63) is 41.8 Å². The van der Waals surface area contributed by atoms with E-state index in [-0.39, 0.29) is 0 Å². The second-order valence-electron chi connectivity index (χ2n) is 6.50. The van der Waals surface area contributed by atoms with Gasteiger partial charge in [0, 0.05) is 12.1 Å². The van der Waals surface area contributed by atoms with Crippen LogP contribution in [0.4, 0.5) is 0 Å². The highest BCUT2D eigenvalue weighted by molar-refractivity contribution is 5.53. The zero-order valence-corrected chi connectivity index (χ0v) is 16.1. The number of unbranched alkanes of at least 4 members (excludes halogenated alkanes) is 1. The first-order valence-corrected chi connectivity index (χ1v) is 9.73. The second kappa shape index (κ2) is 11.1. The molecule has 2 rings (SSSR count). The quantitative estimate of drug-likeness (QED) is 0.576. The predicted molar refractivity (Wildman–Crippen MR) is 105 cm³/mol. The molecule has 0 radical (unpaired) electrons. The van der Waals surface area contributed by atoms with Crippen LogP contribution in [0.15, 0.2) is 34.9 Å². The van der Waals surface area contributed by atoms with Gasteiger partial charge in [0.2, 0.25) is 5.89 Å². The number of hydrogen-bond acceptors (Lipinski definition) is 4. The average Bonchev–Trinajstić information content (AvgIpc) is 3.12. The van der Waals surface area contributed by atoms with Crippen LogP contribution in [0.5, 0.6) is 0 Å². The first kappa shape index (κ1) is 19.7. The normalized spacial score (nSPS) is 11.4. The topological polar surface area (TPSA) is 41.3 Å². The van der Waals surface area contributed by atoms with E-state index in [1.165, 1.54) is 18.4 Å². The number of oxazole rings is 1. The van der Waals surface area contributed by atoms with Crippen LogP contribution in [-0.2, 0) is 13.0 Å². The van der Waals surface area contributed by atoms with E-state index in [0.717, 1.165) is 56.8 Å². The smallest absolute Gasteiger partial charge is 0.226 e. The molecule has 2 aromatic rings. The largest absolute Gasteiger partial charge is 0.444 e. The van der Waals surface area contributed by atoms with Crippen molar-refractivity contribution in [2.45, 2.75) is 53.0 Å². The Morgan fingerprint density at radius 1 is 1.04 bits per heavy atom. The standard InChI is InChI=1S/C21H33N3O/c1-4-7-9-18-10-12-19(13-11-18)21-23-20(17-25-21)16-22-14-8-15-24(5-2)6-3/h10-13,17,22H,4-9,14-16H2,1-3H3. The van der Waals surface area contributed by atoms with Crippen LogP contribution in [0.25, 0.3) is 11.5 Å². The van der Waals surface area contributed by atoms with E-state index in [9.17, 15) is 0 Å².